The predicted molar refractivity (Wildman–Crippen MR) is 125 cm³/mol. The molecule has 5 rings (SSSR count). The molecule has 172 valence electrons. The second-order valence-corrected chi connectivity index (χ2v) is 10.8. The topological polar surface area (TPSA) is 98.2 Å². The van der Waals surface area contributed by atoms with Crippen molar-refractivity contribution in [3.63, 3.8) is 0 Å². The van der Waals surface area contributed by atoms with Crippen LogP contribution in [-0.4, -0.2) is 31.4 Å². The first kappa shape index (κ1) is 21.8. The van der Waals surface area contributed by atoms with E-state index in [1.165, 1.54) is 19.6 Å². The molecule has 0 saturated heterocycles. The van der Waals surface area contributed by atoms with Gasteiger partial charge in [-0.1, -0.05) is 12.5 Å². The summed E-state index contributed by atoms with van der Waals surface area (Å²) >= 11 is 0. The largest absolute Gasteiger partial charge is 0.481 e. The zero-order valence-electron chi connectivity index (χ0n) is 19.0. The van der Waals surface area contributed by atoms with Gasteiger partial charge >= 0.3 is 0 Å². The summed E-state index contributed by atoms with van der Waals surface area (Å²) in [4.78, 5) is 22.4. The van der Waals surface area contributed by atoms with Crippen molar-refractivity contribution in [2.24, 2.45) is 0 Å². The number of methoxy groups -OCH3 is 1. The molecule has 0 aliphatic heterocycles. The summed E-state index contributed by atoms with van der Waals surface area (Å²) in [6.45, 7) is 3.84. The Balaban J connectivity index is 1.52. The van der Waals surface area contributed by atoms with E-state index in [-0.39, 0.29) is 4.90 Å². The fourth-order valence-corrected chi connectivity index (χ4v) is 6.17. The number of aromatic nitrogens is 2. The summed E-state index contributed by atoms with van der Waals surface area (Å²) in [5.41, 5.74) is 3.25. The number of fused-ring (bicyclic) bond motifs is 1. The van der Waals surface area contributed by atoms with E-state index in [4.69, 9.17) is 4.74 Å². The Labute approximate surface area is 193 Å². The Morgan fingerprint density at radius 2 is 1.91 bits per heavy atom. The van der Waals surface area contributed by atoms with Crippen LogP contribution in [0, 0.1) is 13.8 Å². The summed E-state index contributed by atoms with van der Waals surface area (Å²) in [5.74, 6) is 0.301. The van der Waals surface area contributed by atoms with Gasteiger partial charge in [0.1, 0.15) is 0 Å². The van der Waals surface area contributed by atoms with Crippen LogP contribution in [0.4, 0.5) is 0 Å². The van der Waals surface area contributed by atoms with Crippen molar-refractivity contribution < 1.29 is 17.9 Å². The molecule has 8 heteroatoms. The molecular weight excluding hydrogens is 438 g/mol. The molecule has 1 N–H and O–H groups in total. The van der Waals surface area contributed by atoms with E-state index in [1.54, 1.807) is 24.3 Å². The van der Waals surface area contributed by atoms with E-state index in [9.17, 15) is 13.2 Å². The van der Waals surface area contributed by atoms with Gasteiger partial charge in [0.05, 0.1) is 22.9 Å². The molecule has 2 aliphatic carbocycles. The molecule has 0 atom stereocenters. The summed E-state index contributed by atoms with van der Waals surface area (Å²) in [5, 5.41) is 0.482. The number of benzene rings is 1. The van der Waals surface area contributed by atoms with Crippen LogP contribution in [-0.2, 0) is 20.2 Å². The van der Waals surface area contributed by atoms with E-state index >= 15 is 0 Å². The highest BCUT2D eigenvalue weighted by Gasteiger charge is 2.55. The highest BCUT2D eigenvalue weighted by Crippen LogP contribution is 2.54. The predicted octanol–water partition coefficient (Wildman–Crippen LogP) is 4.06. The highest BCUT2D eigenvalue weighted by molar-refractivity contribution is 7.90. The molecule has 0 unspecified atom stereocenters. The molecule has 2 fully saturated rings. The normalized spacial score (nSPS) is 17.4. The summed E-state index contributed by atoms with van der Waals surface area (Å²) < 4.78 is 34.5. The minimum absolute atomic E-state index is 0.0432. The standard InChI is InChI=1S/C25H27N3O4S/c1-15-10-11-18-20(27-15)8-5-9-21(18)33(30,31)28-24(29)25(12-13-25)22-16(2)19(17-6-4-7-17)14-26-23(22)32-3/h5,8-11,14,17H,4,6-7,12-13H2,1-3H3,(H,28,29). The number of aryl methyl sites for hydroxylation is 1. The van der Waals surface area contributed by atoms with Gasteiger partial charge in [0.15, 0.2) is 0 Å². The van der Waals surface area contributed by atoms with Crippen LogP contribution in [0.25, 0.3) is 10.9 Å². The number of amides is 1. The second-order valence-electron chi connectivity index (χ2n) is 9.14. The maximum atomic E-state index is 13.5. The van der Waals surface area contributed by atoms with Crippen LogP contribution in [0.3, 0.4) is 0 Å². The van der Waals surface area contributed by atoms with Crippen LogP contribution in [0.15, 0.2) is 41.4 Å². The van der Waals surface area contributed by atoms with Gasteiger partial charge in [0.2, 0.25) is 11.8 Å². The van der Waals surface area contributed by atoms with Gasteiger partial charge in [-0.05, 0) is 80.8 Å². The van der Waals surface area contributed by atoms with Crippen molar-refractivity contribution in [2.75, 3.05) is 7.11 Å². The lowest BCUT2D eigenvalue weighted by atomic mass is 9.77. The summed E-state index contributed by atoms with van der Waals surface area (Å²) in [6, 6.07) is 8.39. The molecule has 2 saturated carbocycles. The SMILES string of the molecule is COc1ncc(C2CCC2)c(C)c1C1(C(=O)NS(=O)(=O)c2cccc3nc(C)ccc23)CC1. The number of hydrogen-bond donors (Lipinski definition) is 1. The quantitative estimate of drug-likeness (QED) is 0.590. The number of nitrogens with zero attached hydrogens (tertiary/aromatic N) is 2. The number of pyridine rings is 2. The third kappa shape index (κ3) is 3.57. The monoisotopic (exact) mass is 465 g/mol. The molecule has 1 amide bonds. The number of carbonyl (C=O) groups is 1. The maximum Gasteiger partial charge on any atom is 0.264 e. The molecule has 33 heavy (non-hydrogen) atoms. The Hall–Kier alpha value is -3.00. The van der Waals surface area contributed by atoms with Crippen molar-refractivity contribution in [1.82, 2.24) is 14.7 Å². The Bertz CT molecular complexity index is 1380. The van der Waals surface area contributed by atoms with E-state index < -0.39 is 21.3 Å². The maximum absolute atomic E-state index is 13.5. The van der Waals surface area contributed by atoms with Gasteiger partial charge in [-0.25, -0.2) is 18.1 Å². The Kier molecular flexibility index (Phi) is 5.16. The number of rotatable bonds is 6. The van der Waals surface area contributed by atoms with Crippen LogP contribution in [0.1, 0.15) is 60.4 Å². The molecule has 2 aromatic heterocycles. The highest BCUT2D eigenvalue weighted by atomic mass is 32.2. The van der Waals surface area contributed by atoms with Gasteiger partial charge in [-0.15, -0.1) is 0 Å². The zero-order valence-corrected chi connectivity index (χ0v) is 19.8. The fourth-order valence-electron chi connectivity index (χ4n) is 4.90. The smallest absolute Gasteiger partial charge is 0.264 e. The number of sulfonamides is 1. The zero-order chi connectivity index (χ0) is 23.4. The average molecular weight is 466 g/mol. The van der Waals surface area contributed by atoms with Gasteiger partial charge < -0.3 is 4.74 Å². The van der Waals surface area contributed by atoms with Crippen molar-refractivity contribution in [3.8, 4) is 5.88 Å². The molecule has 0 radical (unpaired) electrons. The van der Waals surface area contributed by atoms with Crippen molar-refractivity contribution in [3.05, 3.63) is 58.9 Å². The van der Waals surface area contributed by atoms with Crippen molar-refractivity contribution in [2.45, 2.75) is 62.2 Å². The van der Waals surface area contributed by atoms with Gasteiger partial charge in [-0.2, -0.15) is 0 Å². The molecule has 0 bridgehead atoms. The van der Waals surface area contributed by atoms with Crippen molar-refractivity contribution in [1.29, 1.82) is 0 Å². The van der Waals surface area contributed by atoms with E-state index in [1.807, 2.05) is 20.0 Å². The van der Waals surface area contributed by atoms with Gasteiger partial charge in [0, 0.05) is 22.8 Å². The number of ether oxygens (including phenoxy) is 1. The first-order valence-electron chi connectivity index (χ1n) is 11.2. The first-order valence-corrected chi connectivity index (χ1v) is 12.7. The van der Waals surface area contributed by atoms with Crippen LogP contribution in [0.5, 0.6) is 5.88 Å². The Morgan fingerprint density at radius 3 is 2.55 bits per heavy atom. The molecule has 2 heterocycles. The second kappa shape index (κ2) is 7.80. The van der Waals surface area contributed by atoms with E-state index in [2.05, 4.69) is 14.7 Å². The molecular formula is C25H27N3O4S. The average Bonchev–Trinajstić information content (AvgIpc) is 3.54. The molecule has 3 aromatic rings. The Morgan fingerprint density at radius 1 is 1.15 bits per heavy atom. The number of hydrogen-bond acceptors (Lipinski definition) is 6. The lowest BCUT2D eigenvalue weighted by Gasteiger charge is -2.29. The lowest BCUT2D eigenvalue weighted by molar-refractivity contribution is -0.121. The van der Waals surface area contributed by atoms with Gasteiger partial charge in [0.25, 0.3) is 10.0 Å². The molecule has 0 spiro atoms. The van der Waals surface area contributed by atoms with E-state index in [0.717, 1.165) is 35.2 Å². The van der Waals surface area contributed by atoms with Gasteiger partial charge in [-0.3, -0.25) is 9.78 Å². The van der Waals surface area contributed by atoms with E-state index in [0.29, 0.717) is 35.5 Å². The number of carbonyl (C=O) groups excluding carboxylic acids is 1. The minimum Gasteiger partial charge on any atom is -0.481 e. The molecule has 1 aromatic carbocycles. The fraction of sp³-hybridized carbons (Fsp3) is 0.400. The summed E-state index contributed by atoms with van der Waals surface area (Å²) in [6.07, 6.45) is 6.36. The minimum atomic E-state index is -4.10. The number of nitrogens with one attached hydrogen (secondary N) is 1. The third-order valence-corrected chi connectivity index (χ3v) is 8.48. The first-order chi connectivity index (χ1) is 15.8. The third-order valence-electron chi connectivity index (χ3n) is 7.09. The summed E-state index contributed by atoms with van der Waals surface area (Å²) in [7, 11) is -2.57. The molecule has 2 aliphatic rings. The lowest BCUT2D eigenvalue weighted by Crippen LogP contribution is -2.39. The van der Waals surface area contributed by atoms with Crippen LogP contribution >= 0.6 is 0 Å². The van der Waals surface area contributed by atoms with Crippen LogP contribution < -0.4 is 9.46 Å². The molecule has 7 nitrogen and oxygen atoms in total. The van der Waals surface area contributed by atoms with Crippen LogP contribution in [0.2, 0.25) is 0 Å². The van der Waals surface area contributed by atoms with Crippen molar-refractivity contribution >= 4 is 26.8 Å².